The lowest BCUT2D eigenvalue weighted by molar-refractivity contribution is -0.132. The molecule has 0 unspecified atom stereocenters. The van der Waals surface area contributed by atoms with Crippen LogP contribution < -0.4 is 10.6 Å². The van der Waals surface area contributed by atoms with E-state index < -0.39 is 0 Å². The summed E-state index contributed by atoms with van der Waals surface area (Å²) in [6.45, 7) is 8.18. The predicted molar refractivity (Wildman–Crippen MR) is 75.8 cm³/mol. The Balaban J connectivity index is 2.16. The molecule has 0 saturated carbocycles. The number of piperidine rings is 1. The third kappa shape index (κ3) is 6.57. The number of rotatable bonds is 6. The highest BCUT2D eigenvalue weighted by molar-refractivity contribution is 5.76. The second kappa shape index (κ2) is 8.15. The molecule has 1 saturated heterocycles. The zero-order valence-electron chi connectivity index (χ0n) is 12.4. The number of hydrogen-bond donors (Lipinski definition) is 2. The van der Waals surface area contributed by atoms with E-state index in [1.807, 2.05) is 4.90 Å². The highest BCUT2D eigenvalue weighted by atomic mass is 16.2. The summed E-state index contributed by atoms with van der Waals surface area (Å²) < 4.78 is 0. The summed E-state index contributed by atoms with van der Waals surface area (Å²) in [6, 6.07) is 0.715. The highest BCUT2D eigenvalue weighted by Gasteiger charge is 2.22. The van der Waals surface area contributed by atoms with E-state index in [1.165, 1.54) is 0 Å². The summed E-state index contributed by atoms with van der Waals surface area (Å²) in [5, 5.41) is 6.23. The van der Waals surface area contributed by atoms with Gasteiger partial charge in [0.2, 0.25) is 11.8 Å². The molecule has 0 aliphatic carbocycles. The van der Waals surface area contributed by atoms with Crippen LogP contribution in [-0.4, -0.2) is 48.4 Å². The Labute approximate surface area is 116 Å². The van der Waals surface area contributed by atoms with Crippen LogP contribution in [-0.2, 0) is 9.59 Å². The molecule has 0 radical (unpaired) electrons. The van der Waals surface area contributed by atoms with E-state index in [0.717, 1.165) is 38.9 Å². The lowest BCUT2D eigenvalue weighted by Crippen LogP contribution is -2.46. The van der Waals surface area contributed by atoms with Crippen molar-refractivity contribution < 1.29 is 9.59 Å². The van der Waals surface area contributed by atoms with Crippen molar-refractivity contribution >= 4 is 11.8 Å². The van der Waals surface area contributed by atoms with Crippen LogP contribution in [0.1, 0.15) is 46.5 Å². The normalized spacial score (nSPS) is 16.7. The third-order valence-electron chi connectivity index (χ3n) is 3.38. The van der Waals surface area contributed by atoms with Gasteiger partial charge in [-0.1, -0.05) is 13.8 Å². The second-order valence-corrected chi connectivity index (χ2v) is 5.57. The molecule has 2 amide bonds. The van der Waals surface area contributed by atoms with E-state index in [1.54, 1.807) is 6.92 Å². The maximum absolute atomic E-state index is 12.0. The number of carbonyl (C=O) groups is 2. The van der Waals surface area contributed by atoms with Gasteiger partial charge in [-0.2, -0.15) is 0 Å². The van der Waals surface area contributed by atoms with Gasteiger partial charge in [-0.25, -0.2) is 0 Å². The van der Waals surface area contributed by atoms with E-state index in [0.29, 0.717) is 12.5 Å². The fourth-order valence-corrected chi connectivity index (χ4v) is 2.35. The molecule has 0 bridgehead atoms. The minimum absolute atomic E-state index is 0.0181. The molecule has 5 heteroatoms. The van der Waals surface area contributed by atoms with Crippen LogP contribution in [0.5, 0.6) is 0 Å². The maximum atomic E-state index is 12.0. The minimum Gasteiger partial charge on any atom is -0.353 e. The molecule has 1 rings (SSSR count). The van der Waals surface area contributed by atoms with E-state index in [-0.39, 0.29) is 17.9 Å². The van der Waals surface area contributed by atoms with Gasteiger partial charge in [0.25, 0.3) is 0 Å². The van der Waals surface area contributed by atoms with E-state index in [2.05, 4.69) is 24.5 Å². The third-order valence-corrected chi connectivity index (χ3v) is 3.38. The molecule has 1 heterocycles. The van der Waals surface area contributed by atoms with Crippen molar-refractivity contribution in [2.75, 3.05) is 19.6 Å². The monoisotopic (exact) mass is 269 g/mol. The van der Waals surface area contributed by atoms with Crippen molar-refractivity contribution in [1.82, 2.24) is 15.5 Å². The zero-order chi connectivity index (χ0) is 14.3. The van der Waals surface area contributed by atoms with Gasteiger partial charge in [0.15, 0.2) is 0 Å². The van der Waals surface area contributed by atoms with Crippen molar-refractivity contribution in [2.24, 2.45) is 0 Å². The van der Waals surface area contributed by atoms with Crippen molar-refractivity contribution in [2.45, 2.75) is 58.5 Å². The molecule has 0 spiro atoms. The van der Waals surface area contributed by atoms with Crippen molar-refractivity contribution in [3.63, 3.8) is 0 Å². The number of nitrogens with zero attached hydrogens (tertiary/aromatic N) is 1. The van der Waals surface area contributed by atoms with Crippen LogP contribution in [0, 0.1) is 0 Å². The Kier molecular flexibility index (Phi) is 6.84. The molecule has 1 aliphatic heterocycles. The summed E-state index contributed by atoms with van der Waals surface area (Å²) in [4.78, 5) is 24.9. The number of hydrogen-bond acceptors (Lipinski definition) is 3. The van der Waals surface area contributed by atoms with Crippen LogP contribution in [0.25, 0.3) is 0 Å². The van der Waals surface area contributed by atoms with Gasteiger partial charge in [0.1, 0.15) is 0 Å². The molecular weight excluding hydrogens is 242 g/mol. The average molecular weight is 269 g/mol. The topological polar surface area (TPSA) is 61.4 Å². The van der Waals surface area contributed by atoms with Gasteiger partial charge in [0.05, 0.1) is 0 Å². The van der Waals surface area contributed by atoms with Gasteiger partial charge in [0, 0.05) is 38.5 Å². The van der Waals surface area contributed by atoms with E-state index in [4.69, 9.17) is 0 Å². The quantitative estimate of drug-likeness (QED) is 0.704. The number of carbonyl (C=O) groups excluding carboxylic acids is 2. The number of likely N-dealkylation sites (tertiary alicyclic amines) is 1. The maximum Gasteiger partial charge on any atom is 0.222 e. The van der Waals surface area contributed by atoms with Crippen LogP contribution >= 0.6 is 0 Å². The van der Waals surface area contributed by atoms with Crippen molar-refractivity contribution in [3.8, 4) is 0 Å². The minimum atomic E-state index is 0.0181. The molecule has 0 aromatic rings. The van der Waals surface area contributed by atoms with Crippen LogP contribution in [0.4, 0.5) is 0 Å². The SMILES string of the molecule is CC(=O)NC1CCN(C(=O)CCCNC(C)C)CC1. The summed E-state index contributed by atoms with van der Waals surface area (Å²) in [5.41, 5.74) is 0. The smallest absolute Gasteiger partial charge is 0.222 e. The largest absolute Gasteiger partial charge is 0.353 e. The summed E-state index contributed by atoms with van der Waals surface area (Å²) in [6.07, 6.45) is 3.25. The standard InChI is InChI=1S/C14H27N3O2/c1-11(2)15-8-4-5-14(19)17-9-6-13(7-10-17)16-12(3)18/h11,13,15H,4-10H2,1-3H3,(H,16,18). The van der Waals surface area contributed by atoms with Crippen LogP contribution in [0.15, 0.2) is 0 Å². The number of amides is 2. The van der Waals surface area contributed by atoms with Crippen LogP contribution in [0.3, 0.4) is 0 Å². The summed E-state index contributed by atoms with van der Waals surface area (Å²) in [5.74, 6) is 0.261. The average Bonchev–Trinajstić information content (AvgIpc) is 2.34. The Morgan fingerprint density at radius 3 is 2.42 bits per heavy atom. The number of nitrogens with one attached hydrogen (secondary N) is 2. The second-order valence-electron chi connectivity index (χ2n) is 5.57. The summed E-state index contributed by atoms with van der Waals surface area (Å²) >= 11 is 0. The Morgan fingerprint density at radius 1 is 1.26 bits per heavy atom. The summed E-state index contributed by atoms with van der Waals surface area (Å²) in [7, 11) is 0. The van der Waals surface area contributed by atoms with Gasteiger partial charge >= 0.3 is 0 Å². The van der Waals surface area contributed by atoms with Gasteiger partial charge in [-0.05, 0) is 25.8 Å². The van der Waals surface area contributed by atoms with Crippen molar-refractivity contribution in [1.29, 1.82) is 0 Å². The molecular formula is C14H27N3O2. The predicted octanol–water partition coefficient (Wildman–Crippen LogP) is 0.892. The molecule has 2 N–H and O–H groups in total. The van der Waals surface area contributed by atoms with Crippen molar-refractivity contribution in [3.05, 3.63) is 0 Å². The molecule has 0 aromatic carbocycles. The van der Waals surface area contributed by atoms with Gasteiger partial charge in [-0.3, -0.25) is 9.59 Å². The lowest BCUT2D eigenvalue weighted by Gasteiger charge is -2.32. The Morgan fingerprint density at radius 2 is 1.89 bits per heavy atom. The van der Waals surface area contributed by atoms with Gasteiger partial charge < -0.3 is 15.5 Å². The lowest BCUT2D eigenvalue weighted by atomic mass is 10.0. The first-order valence-electron chi connectivity index (χ1n) is 7.27. The Bertz CT molecular complexity index is 297. The first-order valence-corrected chi connectivity index (χ1v) is 7.27. The van der Waals surface area contributed by atoms with Gasteiger partial charge in [-0.15, -0.1) is 0 Å². The molecule has 0 aromatic heterocycles. The fraction of sp³-hybridized carbons (Fsp3) is 0.857. The van der Waals surface area contributed by atoms with E-state index in [9.17, 15) is 9.59 Å². The molecule has 110 valence electrons. The zero-order valence-corrected chi connectivity index (χ0v) is 12.4. The first kappa shape index (κ1) is 16.0. The highest BCUT2D eigenvalue weighted by Crippen LogP contribution is 2.12. The van der Waals surface area contributed by atoms with Crippen LogP contribution in [0.2, 0.25) is 0 Å². The molecule has 5 nitrogen and oxygen atoms in total. The molecule has 1 fully saturated rings. The van der Waals surface area contributed by atoms with E-state index >= 15 is 0 Å². The molecule has 0 atom stereocenters. The molecule has 1 aliphatic rings. The Hall–Kier alpha value is -1.10. The fourth-order valence-electron chi connectivity index (χ4n) is 2.35. The molecule has 19 heavy (non-hydrogen) atoms. The first-order chi connectivity index (χ1) is 8.99.